The second kappa shape index (κ2) is 6.95. The molecule has 0 aliphatic carbocycles. The molecule has 22 heavy (non-hydrogen) atoms. The molecule has 0 unspecified atom stereocenters. The summed E-state index contributed by atoms with van der Waals surface area (Å²) in [6.07, 6.45) is -1.23. The Bertz CT molecular complexity index is 421. The number of carbonyl (C=O) groups excluding carboxylic acids is 2. The van der Waals surface area contributed by atoms with E-state index in [-0.39, 0.29) is 19.1 Å². The van der Waals surface area contributed by atoms with Crippen molar-refractivity contribution in [2.75, 3.05) is 37.7 Å². The van der Waals surface area contributed by atoms with Gasteiger partial charge in [-0.05, 0) is 20.8 Å². The fraction of sp³-hybridized carbons (Fsp3) is 0.857. The number of ether oxygens (including phenoxy) is 1. The number of likely N-dealkylation sites (tertiary alicyclic amines) is 1. The number of nitrogens with zero attached hydrogens (tertiary/aromatic N) is 2. The molecular formula is C14H25N3O4S. The van der Waals surface area contributed by atoms with Crippen LogP contribution in [0.15, 0.2) is 0 Å². The van der Waals surface area contributed by atoms with Crippen molar-refractivity contribution in [2.24, 2.45) is 0 Å². The first-order chi connectivity index (χ1) is 10.3. The fourth-order valence-corrected chi connectivity index (χ4v) is 3.32. The van der Waals surface area contributed by atoms with Crippen molar-refractivity contribution in [3.8, 4) is 0 Å². The van der Waals surface area contributed by atoms with Crippen LogP contribution in [0.3, 0.4) is 0 Å². The van der Waals surface area contributed by atoms with Crippen molar-refractivity contribution >= 4 is 23.9 Å². The zero-order valence-corrected chi connectivity index (χ0v) is 14.2. The Hall–Kier alpha value is -1.15. The van der Waals surface area contributed by atoms with E-state index in [2.05, 4.69) is 5.32 Å². The summed E-state index contributed by atoms with van der Waals surface area (Å²) < 4.78 is 5.29. The summed E-state index contributed by atoms with van der Waals surface area (Å²) >= 11 is 1.83. The van der Waals surface area contributed by atoms with Crippen LogP contribution in [-0.2, 0) is 4.74 Å². The number of urea groups is 1. The van der Waals surface area contributed by atoms with Crippen molar-refractivity contribution in [3.63, 3.8) is 0 Å². The minimum absolute atomic E-state index is 0.171. The van der Waals surface area contributed by atoms with E-state index in [1.54, 1.807) is 25.7 Å². The molecule has 0 aromatic rings. The van der Waals surface area contributed by atoms with Gasteiger partial charge in [-0.25, -0.2) is 9.59 Å². The first-order valence-corrected chi connectivity index (χ1v) is 8.71. The number of hydrogen-bond acceptors (Lipinski definition) is 5. The summed E-state index contributed by atoms with van der Waals surface area (Å²) in [7, 11) is 0. The highest BCUT2D eigenvalue weighted by Crippen LogP contribution is 2.16. The van der Waals surface area contributed by atoms with Crippen LogP contribution < -0.4 is 5.32 Å². The van der Waals surface area contributed by atoms with Crippen LogP contribution in [0.1, 0.15) is 20.8 Å². The van der Waals surface area contributed by atoms with Gasteiger partial charge in [-0.15, -0.1) is 0 Å². The number of hydrogen-bond donors (Lipinski definition) is 2. The molecule has 0 saturated carbocycles. The van der Waals surface area contributed by atoms with Crippen LogP contribution in [0.4, 0.5) is 9.59 Å². The smallest absolute Gasteiger partial charge is 0.410 e. The van der Waals surface area contributed by atoms with Gasteiger partial charge in [0, 0.05) is 31.1 Å². The molecule has 2 saturated heterocycles. The summed E-state index contributed by atoms with van der Waals surface area (Å²) in [4.78, 5) is 27.4. The standard InChI is InChI=1S/C14H25N3O4S/c1-14(2,3)21-13(20)17-8-10(11(18)9-17)15-12(19)16-4-6-22-7-5-16/h10-11,18H,4-9H2,1-3H3,(H,15,19)/t10-,11+/m0/s1. The van der Waals surface area contributed by atoms with E-state index in [0.29, 0.717) is 0 Å². The van der Waals surface area contributed by atoms with E-state index in [1.165, 1.54) is 4.90 Å². The lowest BCUT2D eigenvalue weighted by atomic mass is 10.2. The molecule has 0 aromatic heterocycles. The molecule has 3 amide bonds. The van der Waals surface area contributed by atoms with Gasteiger partial charge in [-0.2, -0.15) is 11.8 Å². The molecule has 0 bridgehead atoms. The van der Waals surface area contributed by atoms with Gasteiger partial charge in [0.1, 0.15) is 5.60 Å². The first-order valence-electron chi connectivity index (χ1n) is 7.55. The molecule has 7 nitrogen and oxygen atoms in total. The maximum atomic E-state index is 12.2. The Balaban J connectivity index is 1.85. The molecule has 2 rings (SSSR count). The lowest BCUT2D eigenvalue weighted by Gasteiger charge is -2.28. The number of aliphatic hydroxyl groups is 1. The number of thioether (sulfide) groups is 1. The van der Waals surface area contributed by atoms with E-state index >= 15 is 0 Å². The average Bonchev–Trinajstić information content (AvgIpc) is 2.79. The molecule has 0 aromatic carbocycles. The first kappa shape index (κ1) is 17.2. The van der Waals surface area contributed by atoms with Crippen molar-refractivity contribution in [1.82, 2.24) is 15.1 Å². The Morgan fingerprint density at radius 2 is 1.82 bits per heavy atom. The summed E-state index contributed by atoms with van der Waals surface area (Å²) in [6, 6.07) is -0.620. The minimum atomic E-state index is -0.768. The van der Waals surface area contributed by atoms with Gasteiger partial charge in [-0.3, -0.25) is 0 Å². The second-order valence-corrected chi connectivity index (χ2v) is 7.83. The predicted octanol–water partition coefficient (Wildman–Crippen LogP) is 0.725. The van der Waals surface area contributed by atoms with E-state index < -0.39 is 23.8 Å². The quantitative estimate of drug-likeness (QED) is 0.740. The minimum Gasteiger partial charge on any atom is -0.444 e. The molecular weight excluding hydrogens is 306 g/mol. The number of carbonyl (C=O) groups is 2. The zero-order valence-electron chi connectivity index (χ0n) is 13.4. The van der Waals surface area contributed by atoms with Gasteiger partial charge in [-0.1, -0.05) is 0 Å². The third-order valence-corrected chi connectivity index (χ3v) is 4.49. The van der Waals surface area contributed by atoms with Crippen molar-refractivity contribution in [2.45, 2.75) is 38.5 Å². The molecule has 126 valence electrons. The summed E-state index contributed by atoms with van der Waals surface area (Å²) in [5.74, 6) is 1.87. The monoisotopic (exact) mass is 331 g/mol. The highest BCUT2D eigenvalue weighted by molar-refractivity contribution is 7.99. The lowest BCUT2D eigenvalue weighted by molar-refractivity contribution is 0.0270. The third kappa shape index (κ3) is 4.67. The van der Waals surface area contributed by atoms with Crippen LogP contribution in [0.25, 0.3) is 0 Å². The van der Waals surface area contributed by atoms with Crippen LogP contribution in [0.5, 0.6) is 0 Å². The number of nitrogens with one attached hydrogen (secondary N) is 1. The van der Waals surface area contributed by atoms with E-state index in [1.807, 2.05) is 11.8 Å². The zero-order chi connectivity index (χ0) is 16.3. The van der Waals surface area contributed by atoms with Crippen molar-refractivity contribution in [3.05, 3.63) is 0 Å². The highest BCUT2D eigenvalue weighted by atomic mass is 32.2. The van der Waals surface area contributed by atoms with Gasteiger partial charge in [0.2, 0.25) is 0 Å². The predicted molar refractivity (Wildman–Crippen MR) is 85.0 cm³/mol. The van der Waals surface area contributed by atoms with Crippen LogP contribution in [0.2, 0.25) is 0 Å². The number of amides is 3. The molecule has 2 fully saturated rings. The number of β-amino-alcohol motifs (C(OH)–C–C–N with tert-alkyl or cyclic N) is 1. The summed E-state index contributed by atoms with van der Waals surface area (Å²) in [5.41, 5.74) is -0.575. The molecule has 2 N–H and O–H groups in total. The largest absolute Gasteiger partial charge is 0.444 e. The Morgan fingerprint density at radius 1 is 1.18 bits per heavy atom. The lowest BCUT2D eigenvalue weighted by Crippen LogP contribution is -2.51. The molecule has 2 atom stereocenters. The highest BCUT2D eigenvalue weighted by Gasteiger charge is 2.37. The SMILES string of the molecule is CC(C)(C)OC(=O)N1C[C@@H](O)[C@@H](NC(=O)N2CCSCC2)C1. The van der Waals surface area contributed by atoms with Gasteiger partial charge >= 0.3 is 12.1 Å². The Kier molecular flexibility index (Phi) is 5.44. The third-order valence-electron chi connectivity index (χ3n) is 3.55. The van der Waals surface area contributed by atoms with Crippen molar-refractivity contribution in [1.29, 1.82) is 0 Å². The topological polar surface area (TPSA) is 82.1 Å². The summed E-state index contributed by atoms with van der Waals surface area (Å²) in [6.45, 7) is 7.27. The Labute approximate surface area is 135 Å². The molecule has 8 heteroatoms. The van der Waals surface area contributed by atoms with Gasteiger partial charge in [0.05, 0.1) is 18.7 Å². The molecule has 0 radical (unpaired) electrons. The normalized spacial score (nSPS) is 26.0. The van der Waals surface area contributed by atoms with Crippen LogP contribution >= 0.6 is 11.8 Å². The van der Waals surface area contributed by atoms with Gasteiger partial charge in [0.25, 0.3) is 0 Å². The maximum absolute atomic E-state index is 12.2. The van der Waals surface area contributed by atoms with E-state index in [4.69, 9.17) is 4.74 Å². The second-order valence-electron chi connectivity index (χ2n) is 6.61. The molecule has 2 heterocycles. The fourth-order valence-electron chi connectivity index (χ4n) is 2.42. The van der Waals surface area contributed by atoms with Crippen LogP contribution in [-0.4, -0.2) is 82.5 Å². The van der Waals surface area contributed by atoms with Crippen molar-refractivity contribution < 1.29 is 19.4 Å². The molecule has 2 aliphatic heterocycles. The maximum Gasteiger partial charge on any atom is 0.410 e. The van der Waals surface area contributed by atoms with Gasteiger partial charge in [0.15, 0.2) is 0 Å². The molecule has 2 aliphatic rings. The average molecular weight is 331 g/mol. The number of aliphatic hydroxyl groups excluding tert-OH is 1. The van der Waals surface area contributed by atoms with E-state index in [9.17, 15) is 14.7 Å². The van der Waals surface area contributed by atoms with Gasteiger partial charge < -0.3 is 25.0 Å². The summed E-state index contributed by atoms with van der Waals surface area (Å²) in [5, 5.41) is 12.9. The molecule has 0 spiro atoms. The van der Waals surface area contributed by atoms with Crippen LogP contribution in [0, 0.1) is 0 Å². The Morgan fingerprint density at radius 3 is 2.41 bits per heavy atom. The number of rotatable bonds is 1. The van der Waals surface area contributed by atoms with E-state index in [0.717, 1.165) is 24.6 Å².